The van der Waals surface area contributed by atoms with Gasteiger partial charge in [-0.15, -0.1) is 0 Å². The molecule has 7 heteroatoms. The third-order valence-corrected chi connectivity index (χ3v) is 3.11. The fourth-order valence-corrected chi connectivity index (χ4v) is 2.12. The van der Waals surface area contributed by atoms with Crippen LogP contribution in [0.2, 0.25) is 10.0 Å². The summed E-state index contributed by atoms with van der Waals surface area (Å²) in [7, 11) is 0. The highest BCUT2D eigenvalue weighted by Crippen LogP contribution is 2.39. The van der Waals surface area contributed by atoms with Crippen molar-refractivity contribution in [2.75, 3.05) is 6.54 Å². The van der Waals surface area contributed by atoms with Gasteiger partial charge in [0.15, 0.2) is 0 Å². The lowest BCUT2D eigenvalue weighted by Gasteiger charge is -2.28. The first-order valence-electron chi connectivity index (χ1n) is 5.65. The second kappa shape index (κ2) is 6.77. The molecule has 1 N–H and O–H groups in total. The number of hydrogen-bond donors (Lipinski definition) is 1. The molecule has 108 valence electrons. The summed E-state index contributed by atoms with van der Waals surface area (Å²) >= 11 is 11.5. The molecular weight excluding hydrogens is 305 g/mol. The van der Waals surface area contributed by atoms with E-state index in [1.807, 2.05) is 0 Å². The summed E-state index contributed by atoms with van der Waals surface area (Å²) in [5, 5.41) is 2.60. The number of hydrogen-bond acceptors (Lipinski definition) is 1. The fraction of sp³-hybridized carbons (Fsp3) is 0.500. The summed E-state index contributed by atoms with van der Waals surface area (Å²) in [4.78, 5) is 0. The van der Waals surface area contributed by atoms with Crippen LogP contribution in [0.5, 0.6) is 0 Å². The molecule has 0 spiro atoms. The Bertz CT molecular complexity index is 426. The number of benzene rings is 1. The number of halogens is 6. The van der Waals surface area contributed by atoms with Crippen LogP contribution < -0.4 is 5.32 Å². The van der Waals surface area contributed by atoms with Crippen LogP contribution in [0.15, 0.2) is 18.2 Å². The van der Waals surface area contributed by atoms with Crippen LogP contribution in [-0.2, 0) is 0 Å². The van der Waals surface area contributed by atoms with Gasteiger partial charge in [-0.1, -0.05) is 36.2 Å². The van der Waals surface area contributed by atoms with Crippen molar-refractivity contribution in [1.29, 1.82) is 0 Å². The average molecular weight is 318 g/mol. The molecule has 1 rings (SSSR count). The Morgan fingerprint density at radius 2 is 1.89 bits per heavy atom. The van der Waals surface area contributed by atoms with E-state index < -0.39 is 18.4 Å². The first-order chi connectivity index (χ1) is 8.80. The minimum absolute atomic E-state index is 0.0681. The Balaban J connectivity index is 3.16. The van der Waals surface area contributed by atoms with Gasteiger partial charge < -0.3 is 5.32 Å². The second-order valence-corrected chi connectivity index (χ2v) is 4.87. The molecule has 1 aromatic rings. The van der Waals surface area contributed by atoms with Crippen LogP contribution in [0.1, 0.15) is 24.9 Å². The summed E-state index contributed by atoms with van der Waals surface area (Å²) < 4.78 is 52.2. The third-order valence-electron chi connectivity index (χ3n) is 2.55. The van der Waals surface area contributed by atoms with Crippen LogP contribution in [0, 0.1) is 0 Å². The monoisotopic (exact) mass is 317 g/mol. The van der Waals surface area contributed by atoms with E-state index in [9.17, 15) is 17.6 Å². The van der Waals surface area contributed by atoms with Crippen molar-refractivity contribution in [3.8, 4) is 0 Å². The first-order valence-corrected chi connectivity index (χ1v) is 6.40. The molecule has 0 aliphatic rings. The maximum atomic E-state index is 13.6. The summed E-state index contributed by atoms with van der Waals surface area (Å²) in [6, 6.07) is 1.97. The largest absolute Gasteiger partial charge is 0.326 e. The van der Waals surface area contributed by atoms with Gasteiger partial charge in [0.05, 0.1) is 0 Å². The highest BCUT2D eigenvalue weighted by Gasteiger charge is 2.49. The van der Waals surface area contributed by atoms with Gasteiger partial charge in [-0.2, -0.15) is 8.78 Å². The smallest absolute Gasteiger partial charge is 0.305 e. The molecule has 19 heavy (non-hydrogen) atoms. The Labute approximate surface area is 118 Å². The zero-order valence-electron chi connectivity index (χ0n) is 10.1. The van der Waals surface area contributed by atoms with Gasteiger partial charge in [-0.25, -0.2) is 8.78 Å². The van der Waals surface area contributed by atoms with Gasteiger partial charge in [-0.05, 0) is 30.7 Å². The molecule has 0 radical (unpaired) electrons. The molecule has 0 amide bonds. The second-order valence-electron chi connectivity index (χ2n) is 4.03. The van der Waals surface area contributed by atoms with Crippen molar-refractivity contribution in [2.45, 2.75) is 31.7 Å². The molecule has 1 unspecified atom stereocenters. The Hall–Kier alpha value is -0.520. The zero-order chi connectivity index (χ0) is 14.6. The van der Waals surface area contributed by atoms with Crippen LogP contribution >= 0.6 is 23.2 Å². The Kier molecular flexibility index (Phi) is 5.89. The first kappa shape index (κ1) is 16.5. The normalized spacial score (nSPS) is 13.9. The van der Waals surface area contributed by atoms with Crippen LogP contribution in [-0.4, -0.2) is 18.9 Å². The van der Waals surface area contributed by atoms with Gasteiger partial charge in [-0.3, -0.25) is 0 Å². The highest BCUT2D eigenvalue weighted by molar-refractivity contribution is 6.35. The molecule has 0 aromatic heterocycles. The van der Waals surface area contributed by atoms with Gasteiger partial charge in [0, 0.05) is 10.0 Å². The number of rotatable bonds is 6. The summed E-state index contributed by atoms with van der Waals surface area (Å²) in [5.74, 6) is -4.22. The maximum Gasteiger partial charge on any atom is 0.326 e. The molecule has 0 saturated heterocycles. The Morgan fingerprint density at radius 3 is 2.37 bits per heavy atom. The Morgan fingerprint density at radius 1 is 1.26 bits per heavy atom. The molecule has 0 fully saturated rings. The van der Waals surface area contributed by atoms with E-state index in [2.05, 4.69) is 5.32 Å². The zero-order valence-corrected chi connectivity index (χ0v) is 11.6. The molecule has 0 heterocycles. The van der Waals surface area contributed by atoms with Gasteiger partial charge in [0.25, 0.3) is 0 Å². The van der Waals surface area contributed by atoms with E-state index in [0.29, 0.717) is 6.42 Å². The lowest BCUT2D eigenvalue weighted by Crippen LogP contribution is -2.43. The van der Waals surface area contributed by atoms with Crippen LogP contribution in [0.3, 0.4) is 0 Å². The van der Waals surface area contributed by atoms with Gasteiger partial charge in [0.1, 0.15) is 6.04 Å². The minimum Gasteiger partial charge on any atom is -0.305 e. The van der Waals surface area contributed by atoms with Crippen molar-refractivity contribution in [3.63, 3.8) is 0 Å². The predicted molar refractivity (Wildman–Crippen MR) is 68.4 cm³/mol. The molecule has 1 atom stereocenters. The molecule has 0 aliphatic heterocycles. The molecular formula is C12H13Cl2F4N. The van der Waals surface area contributed by atoms with Gasteiger partial charge >= 0.3 is 12.3 Å². The lowest BCUT2D eigenvalue weighted by molar-refractivity contribution is -0.151. The topological polar surface area (TPSA) is 12.0 Å². The van der Waals surface area contributed by atoms with E-state index in [4.69, 9.17) is 23.2 Å². The van der Waals surface area contributed by atoms with E-state index in [-0.39, 0.29) is 22.2 Å². The third kappa shape index (κ3) is 3.97. The summed E-state index contributed by atoms with van der Waals surface area (Å²) in [6.45, 7) is 1.92. The molecule has 0 saturated carbocycles. The molecule has 1 aromatic carbocycles. The van der Waals surface area contributed by atoms with Crippen molar-refractivity contribution in [2.24, 2.45) is 0 Å². The quantitative estimate of drug-likeness (QED) is 0.733. The van der Waals surface area contributed by atoms with E-state index in [1.54, 1.807) is 6.92 Å². The van der Waals surface area contributed by atoms with Crippen molar-refractivity contribution in [1.82, 2.24) is 5.32 Å². The summed E-state index contributed by atoms with van der Waals surface area (Å²) in [6.07, 6.45) is -3.25. The summed E-state index contributed by atoms with van der Waals surface area (Å²) in [5.41, 5.74) is -0.0928. The van der Waals surface area contributed by atoms with Crippen LogP contribution in [0.4, 0.5) is 17.6 Å². The minimum atomic E-state index is -4.22. The average Bonchev–Trinajstić information content (AvgIpc) is 2.31. The van der Waals surface area contributed by atoms with Crippen molar-refractivity contribution < 1.29 is 17.6 Å². The number of alkyl halides is 4. The van der Waals surface area contributed by atoms with E-state index in [1.165, 1.54) is 18.2 Å². The van der Waals surface area contributed by atoms with E-state index >= 15 is 0 Å². The molecule has 0 aliphatic carbocycles. The van der Waals surface area contributed by atoms with E-state index in [0.717, 1.165) is 0 Å². The standard InChI is InChI=1S/C12H13Cl2F4N/c1-2-5-19-10(12(17,18)11(15)16)8-4-3-7(13)6-9(8)14/h3-4,6,10-11,19H,2,5H2,1H3. The SMILES string of the molecule is CCCNC(c1ccc(Cl)cc1Cl)C(F)(F)C(F)F. The predicted octanol–water partition coefficient (Wildman–Crippen LogP) is 4.93. The lowest BCUT2D eigenvalue weighted by atomic mass is 10.0. The van der Waals surface area contributed by atoms with Gasteiger partial charge in [0.2, 0.25) is 0 Å². The fourth-order valence-electron chi connectivity index (χ4n) is 1.60. The molecule has 0 bridgehead atoms. The maximum absolute atomic E-state index is 13.6. The molecule has 1 nitrogen and oxygen atoms in total. The highest BCUT2D eigenvalue weighted by atomic mass is 35.5. The van der Waals surface area contributed by atoms with Crippen LogP contribution in [0.25, 0.3) is 0 Å². The number of nitrogens with one attached hydrogen (secondary N) is 1. The van der Waals surface area contributed by atoms with Crippen molar-refractivity contribution in [3.05, 3.63) is 33.8 Å². The van der Waals surface area contributed by atoms with Crippen molar-refractivity contribution >= 4 is 23.2 Å².